The molecule has 1 spiro atoms. The van der Waals surface area contributed by atoms with Crippen molar-refractivity contribution < 1.29 is 9.59 Å². The minimum Gasteiger partial charge on any atom is -0.341 e. The van der Waals surface area contributed by atoms with Crippen molar-refractivity contribution in [2.45, 2.75) is 45.6 Å². The first-order chi connectivity index (χ1) is 13.0. The Morgan fingerprint density at radius 2 is 1.89 bits per heavy atom. The average molecular weight is 367 g/mol. The maximum Gasteiger partial charge on any atom is 0.253 e. The summed E-state index contributed by atoms with van der Waals surface area (Å²) >= 11 is 0. The molecule has 7 heteroatoms. The molecule has 1 saturated carbocycles. The van der Waals surface area contributed by atoms with Gasteiger partial charge in [-0.25, -0.2) is 9.67 Å². The number of nitrogens with one attached hydrogen (secondary N) is 1. The Morgan fingerprint density at radius 1 is 1.15 bits per heavy atom. The molecule has 2 aromatic heterocycles. The molecule has 1 N–H and O–H groups in total. The zero-order chi connectivity index (χ0) is 19.0. The zero-order valence-electron chi connectivity index (χ0n) is 15.8. The quantitative estimate of drug-likeness (QED) is 0.897. The number of amides is 2. The summed E-state index contributed by atoms with van der Waals surface area (Å²) in [4.78, 5) is 31.3. The summed E-state index contributed by atoms with van der Waals surface area (Å²) in [6.07, 6.45) is 8.03. The third kappa shape index (κ3) is 3.59. The van der Waals surface area contributed by atoms with Crippen LogP contribution in [0, 0.1) is 12.3 Å². The van der Waals surface area contributed by atoms with Gasteiger partial charge in [-0.2, -0.15) is 5.10 Å². The van der Waals surface area contributed by atoms with E-state index < -0.39 is 6.04 Å². The highest BCUT2D eigenvalue weighted by Crippen LogP contribution is 2.53. The number of aromatic nitrogens is 3. The maximum absolute atomic E-state index is 12.6. The van der Waals surface area contributed by atoms with Crippen LogP contribution in [0.3, 0.4) is 0 Å². The molecule has 3 heterocycles. The van der Waals surface area contributed by atoms with E-state index in [1.807, 2.05) is 17.9 Å². The van der Waals surface area contributed by atoms with E-state index in [-0.39, 0.29) is 11.8 Å². The Morgan fingerprint density at radius 3 is 2.44 bits per heavy atom. The molecular formula is C20H25N5O2. The van der Waals surface area contributed by atoms with E-state index in [1.54, 1.807) is 29.9 Å². The topological polar surface area (TPSA) is 80.1 Å². The van der Waals surface area contributed by atoms with Crippen molar-refractivity contribution >= 4 is 11.8 Å². The van der Waals surface area contributed by atoms with Crippen LogP contribution in [-0.4, -0.2) is 50.6 Å². The molecule has 0 radical (unpaired) electrons. The largest absolute Gasteiger partial charge is 0.341 e. The van der Waals surface area contributed by atoms with E-state index in [2.05, 4.69) is 15.4 Å². The predicted octanol–water partition coefficient (Wildman–Crippen LogP) is 2.10. The second kappa shape index (κ2) is 6.79. The van der Waals surface area contributed by atoms with Crippen LogP contribution in [0.2, 0.25) is 0 Å². The molecule has 2 aromatic rings. The maximum atomic E-state index is 12.6. The van der Waals surface area contributed by atoms with Crippen LogP contribution < -0.4 is 5.32 Å². The van der Waals surface area contributed by atoms with Gasteiger partial charge >= 0.3 is 0 Å². The number of pyridine rings is 1. The minimum atomic E-state index is -0.543. The summed E-state index contributed by atoms with van der Waals surface area (Å²) in [7, 11) is 0. The van der Waals surface area contributed by atoms with E-state index in [4.69, 9.17) is 0 Å². The summed E-state index contributed by atoms with van der Waals surface area (Å²) in [5, 5.41) is 7.00. The van der Waals surface area contributed by atoms with Gasteiger partial charge in [-0.15, -0.1) is 0 Å². The Balaban J connectivity index is 1.35. The van der Waals surface area contributed by atoms with E-state index >= 15 is 0 Å². The average Bonchev–Trinajstić information content (AvgIpc) is 3.29. The number of nitrogens with zero attached hydrogens (tertiary/aromatic N) is 4. The van der Waals surface area contributed by atoms with E-state index in [1.165, 1.54) is 19.0 Å². The molecule has 1 aliphatic heterocycles. The molecule has 2 amide bonds. The second-order valence-corrected chi connectivity index (χ2v) is 7.81. The van der Waals surface area contributed by atoms with Crippen molar-refractivity contribution in [2.75, 3.05) is 13.1 Å². The number of carbonyl (C=O) groups is 2. The normalized spacial score (nSPS) is 19.0. The molecule has 4 rings (SSSR count). The Labute approximate surface area is 158 Å². The Kier molecular flexibility index (Phi) is 4.45. The fraction of sp³-hybridized carbons (Fsp3) is 0.500. The van der Waals surface area contributed by atoms with Gasteiger partial charge in [-0.1, -0.05) is 0 Å². The van der Waals surface area contributed by atoms with Crippen molar-refractivity contribution in [1.82, 2.24) is 25.0 Å². The van der Waals surface area contributed by atoms with Gasteiger partial charge in [0.2, 0.25) is 5.91 Å². The first-order valence-corrected chi connectivity index (χ1v) is 9.54. The van der Waals surface area contributed by atoms with Crippen LogP contribution >= 0.6 is 0 Å². The third-order valence-corrected chi connectivity index (χ3v) is 5.87. The van der Waals surface area contributed by atoms with Gasteiger partial charge < -0.3 is 10.2 Å². The van der Waals surface area contributed by atoms with Crippen molar-refractivity contribution in [2.24, 2.45) is 5.41 Å². The highest BCUT2D eigenvalue weighted by molar-refractivity contribution is 5.97. The molecule has 1 aliphatic carbocycles. The first kappa shape index (κ1) is 17.7. The van der Waals surface area contributed by atoms with Crippen molar-refractivity contribution in [3.8, 4) is 5.82 Å². The lowest BCUT2D eigenvalue weighted by atomic mass is 9.93. The van der Waals surface area contributed by atoms with E-state index in [0.717, 1.165) is 31.6 Å². The van der Waals surface area contributed by atoms with Crippen LogP contribution in [0.5, 0.6) is 0 Å². The lowest BCUT2D eigenvalue weighted by Gasteiger charge is -2.33. The number of hydrogen-bond donors (Lipinski definition) is 1. The molecule has 2 aliphatic rings. The standard InChI is InChI=1S/C20H25N5O2/c1-14-5-10-22-25(14)17-4-3-16(13-21-17)18(26)23-15(2)19(27)24-11-8-20(6-7-20)9-12-24/h3-5,10,13,15H,6-9,11-12H2,1-2H3,(H,23,26). The van der Waals surface area contributed by atoms with Crippen LogP contribution in [-0.2, 0) is 4.79 Å². The molecule has 0 aromatic carbocycles. The number of piperidine rings is 1. The lowest BCUT2D eigenvalue weighted by molar-refractivity contribution is -0.134. The van der Waals surface area contributed by atoms with Crippen LogP contribution in [0.1, 0.15) is 48.7 Å². The fourth-order valence-electron chi connectivity index (χ4n) is 3.75. The monoisotopic (exact) mass is 367 g/mol. The third-order valence-electron chi connectivity index (χ3n) is 5.87. The Bertz CT molecular complexity index is 844. The van der Waals surface area contributed by atoms with Gasteiger partial charge in [0, 0.05) is 31.2 Å². The van der Waals surface area contributed by atoms with E-state index in [9.17, 15) is 9.59 Å². The van der Waals surface area contributed by atoms with Crippen molar-refractivity contribution in [1.29, 1.82) is 0 Å². The SMILES string of the molecule is Cc1ccnn1-c1ccc(C(=O)NC(C)C(=O)N2CCC3(CC2)CC3)cn1. The molecule has 2 fully saturated rings. The molecule has 1 saturated heterocycles. The number of hydrogen-bond acceptors (Lipinski definition) is 4. The van der Waals surface area contributed by atoms with Gasteiger partial charge in [0.1, 0.15) is 6.04 Å². The van der Waals surface area contributed by atoms with Gasteiger partial charge in [0.15, 0.2) is 5.82 Å². The molecule has 7 nitrogen and oxygen atoms in total. The highest BCUT2D eigenvalue weighted by atomic mass is 16.2. The molecule has 1 atom stereocenters. The number of rotatable bonds is 4. The predicted molar refractivity (Wildman–Crippen MR) is 101 cm³/mol. The van der Waals surface area contributed by atoms with Crippen LogP contribution in [0.4, 0.5) is 0 Å². The molecule has 142 valence electrons. The van der Waals surface area contributed by atoms with Crippen molar-refractivity contribution in [3.63, 3.8) is 0 Å². The van der Waals surface area contributed by atoms with Crippen LogP contribution in [0.15, 0.2) is 30.6 Å². The van der Waals surface area contributed by atoms with Gasteiger partial charge in [0.25, 0.3) is 5.91 Å². The zero-order valence-corrected chi connectivity index (χ0v) is 15.8. The first-order valence-electron chi connectivity index (χ1n) is 9.54. The molecule has 27 heavy (non-hydrogen) atoms. The fourth-order valence-corrected chi connectivity index (χ4v) is 3.75. The van der Waals surface area contributed by atoms with Crippen LogP contribution in [0.25, 0.3) is 5.82 Å². The Hall–Kier alpha value is -2.70. The molecular weight excluding hydrogens is 342 g/mol. The van der Waals surface area contributed by atoms with Gasteiger partial charge in [0.05, 0.1) is 5.56 Å². The highest BCUT2D eigenvalue weighted by Gasteiger charge is 2.45. The lowest BCUT2D eigenvalue weighted by Crippen LogP contribution is -2.49. The number of carbonyl (C=O) groups excluding carboxylic acids is 2. The number of aryl methyl sites for hydroxylation is 1. The summed E-state index contributed by atoms with van der Waals surface area (Å²) in [5.41, 5.74) is 1.93. The summed E-state index contributed by atoms with van der Waals surface area (Å²) in [6.45, 7) is 5.29. The van der Waals surface area contributed by atoms with Crippen molar-refractivity contribution in [3.05, 3.63) is 41.9 Å². The smallest absolute Gasteiger partial charge is 0.253 e. The van der Waals surface area contributed by atoms with Gasteiger partial charge in [-0.3, -0.25) is 9.59 Å². The summed E-state index contributed by atoms with van der Waals surface area (Å²) < 4.78 is 1.71. The molecule has 1 unspecified atom stereocenters. The van der Waals surface area contributed by atoms with Gasteiger partial charge in [-0.05, 0) is 63.1 Å². The summed E-state index contributed by atoms with van der Waals surface area (Å²) in [5.74, 6) is 0.360. The minimum absolute atomic E-state index is 0.00408. The summed E-state index contributed by atoms with van der Waals surface area (Å²) in [6, 6.07) is 4.80. The number of likely N-dealkylation sites (tertiary alicyclic amines) is 1. The molecule has 0 bridgehead atoms. The second-order valence-electron chi connectivity index (χ2n) is 7.81. The van der Waals surface area contributed by atoms with E-state index in [0.29, 0.717) is 16.8 Å².